The molecule has 3 heteroatoms. The lowest BCUT2D eigenvalue weighted by Crippen LogP contribution is -1.98. The van der Waals surface area contributed by atoms with Crippen molar-refractivity contribution in [2.75, 3.05) is 0 Å². The molecule has 0 atom stereocenters. The molecular weight excluding hydrogens is 649 g/mol. The van der Waals surface area contributed by atoms with Gasteiger partial charge in [-0.3, -0.25) is 0 Å². The van der Waals surface area contributed by atoms with Crippen LogP contribution in [0.15, 0.2) is 164 Å². The Morgan fingerprint density at radius 1 is 0.788 bits per heavy atom. The Bertz CT molecular complexity index is 2740. The van der Waals surface area contributed by atoms with Gasteiger partial charge in [0.2, 0.25) is 0 Å². The lowest BCUT2D eigenvalue weighted by molar-refractivity contribution is 1.18. The van der Waals surface area contributed by atoms with Gasteiger partial charge in [0.15, 0.2) is 0 Å². The molecule has 1 aliphatic rings. The van der Waals surface area contributed by atoms with Crippen molar-refractivity contribution in [2.24, 2.45) is 5.73 Å². The minimum Gasteiger partial charge on any atom is -0.398 e. The summed E-state index contributed by atoms with van der Waals surface area (Å²) in [6, 6.07) is 47.7. The first-order valence-electron chi connectivity index (χ1n) is 17.9. The highest BCUT2D eigenvalue weighted by atomic mass is 32.1. The molecular formula is C49H38N2S. The van der Waals surface area contributed by atoms with Gasteiger partial charge >= 0.3 is 0 Å². The van der Waals surface area contributed by atoms with E-state index in [0.29, 0.717) is 0 Å². The second-order valence-corrected chi connectivity index (χ2v) is 14.7. The van der Waals surface area contributed by atoms with Gasteiger partial charge in [-0.05, 0) is 87.7 Å². The summed E-state index contributed by atoms with van der Waals surface area (Å²) in [7, 11) is 0. The van der Waals surface area contributed by atoms with Crippen molar-refractivity contribution in [3.63, 3.8) is 0 Å². The molecule has 6 aromatic carbocycles. The van der Waals surface area contributed by atoms with Crippen LogP contribution in [-0.4, -0.2) is 4.57 Å². The smallest absolute Gasteiger partial charge is 0.0640 e. The lowest BCUT2D eigenvalue weighted by atomic mass is 9.95. The Morgan fingerprint density at radius 3 is 2.29 bits per heavy atom. The average molecular weight is 687 g/mol. The number of allylic oxidation sites excluding steroid dienone is 5. The predicted molar refractivity (Wildman–Crippen MR) is 225 cm³/mol. The van der Waals surface area contributed by atoms with Crippen molar-refractivity contribution in [1.82, 2.24) is 4.57 Å². The van der Waals surface area contributed by atoms with Crippen LogP contribution in [0.2, 0.25) is 0 Å². The first-order valence-corrected chi connectivity index (χ1v) is 18.7. The van der Waals surface area contributed by atoms with E-state index in [-0.39, 0.29) is 0 Å². The number of nitrogens with zero attached hydrogens (tertiary/aromatic N) is 1. The maximum atomic E-state index is 6.72. The SMILES string of the molecule is C=C/C=C\c1c(C)sc2c3c(c4c5ccccc5n(-c5ccc(C(/C=C(\N)c6ccccc6)=C/Cc6ccccc6)cc5)c4c12)-c1ccccc1C3. The predicted octanol–water partition coefficient (Wildman–Crippen LogP) is 12.7. The molecule has 0 unspecified atom stereocenters. The second-order valence-electron chi connectivity index (χ2n) is 13.5. The molecule has 2 heterocycles. The summed E-state index contributed by atoms with van der Waals surface area (Å²) in [5.41, 5.74) is 22.4. The summed E-state index contributed by atoms with van der Waals surface area (Å²) in [5, 5.41) is 3.94. The molecule has 9 rings (SSSR count). The fraction of sp³-hybridized carbons (Fsp3) is 0.0612. The third-order valence-electron chi connectivity index (χ3n) is 10.4. The van der Waals surface area contributed by atoms with E-state index < -0.39 is 0 Å². The number of rotatable bonds is 8. The van der Waals surface area contributed by atoms with Gasteiger partial charge in [0.1, 0.15) is 0 Å². The van der Waals surface area contributed by atoms with Crippen molar-refractivity contribution in [3.05, 3.63) is 203 Å². The van der Waals surface area contributed by atoms with Crippen LogP contribution in [0.25, 0.3) is 66.1 Å². The van der Waals surface area contributed by atoms with E-state index in [1.165, 1.54) is 70.1 Å². The number of hydrogen-bond donors (Lipinski definition) is 1. The third kappa shape index (κ3) is 5.33. The maximum absolute atomic E-state index is 6.72. The highest BCUT2D eigenvalue weighted by molar-refractivity contribution is 7.19. The zero-order chi connectivity index (χ0) is 35.2. The van der Waals surface area contributed by atoms with Crippen molar-refractivity contribution in [2.45, 2.75) is 19.8 Å². The summed E-state index contributed by atoms with van der Waals surface area (Å²) < 4.78 is 3.88. The van der Waals surface area contributed by atoms with Gasteiger partial charge in [0.25, 0.3) is 0 Å². The molecule has 2 aromatic heterocycles. The van der Waals surface area contributed by atoms with Crippen LogP contribution in [0.3, 0.4) is 0 Å². The van der Waals surface area contributed by atoms with Crippen LogP contribution in [0.4, 0.5) is 0 Å². The molecule has 2 N–H and O–H groups in total. The molecule has 0 spiro atoms. The van der Waals surface area contributed by atoms with E-state index >= 15 is 0 Å². The molecule has 1 aliphatic carbocycles. The Balaban J connectivity index is 1.28. The Hall–Kier alpha value is -6.16. The summed E-state index contributed by atoms with van der Waals surface area (Å²) in [6.07, 6.45) is 12.4. The molecule has 2 nitrogen and oxygen atoms in total. The molecule has 0 saturated carbocycles. The van der Waals surface area contributed by atoms with Crippen LogP contribution in [-0.2, 0) is 12.8 Å². The number of thiophene rings is 1. The van der Waals surface area contributed by atoms with E-state index in [0.717, 1.165) is 40.9 Å². The highest BCUT2D eigenvalue weighted by Crippen LogP contribution is 2.53. The largest absolute Gasteiger partial charge is 0.398 e. The number of aryl methyl sites for hydroxylation is 1. The molecule has 0 saturated heterocycles. The summed E-state index contributed by atoms with van der Waals surface area (Å²) in [5.74, 6) is 0. The van der Waals surface area contributed by atoms with Crippen LogP contribution < -0.4 is 5.73 Å². The Labute approximate surface area is 308 Å². The zero-order valence-corrected chi connectivity index (χ0v) is 30.0. The van der Waals surface area contributed by atoms with Crippen molar-refractivity contribution >= 4 is 60.6 Å². The van der Waals surface area contributed by atoms with E-state index in [4.69, 9.17) is 5.73 Å². The van der Waals surface area contributed by atoms with Gasteiger partial charge in [-0.1, -0.05) is 146 Å². The first-order chi connectivity index (χ1) is 25.6. The molecule has 250 valence electrons. The molecule has 0 radical (unpaired) electrons. The summed E-state index contributed by atoms with van der Waals surface area (Å²) >= 11 is 1.92. The van der Waals surface area contributed by atoms with Crippen LogP contribution in [0.1, 0.15) is 38.3 Å². The topological polar surface area (TPSA) is 30.9 Å². The van der Waals surface area contributed by atoms with Crippen molar-refractivity contribution in [3.8, 4) is 16.8 Å². The molecule has 0 amide bonds. The quantitative estimate of drug-likeness (QED) is 0.159. The maximum Gasteiger partial charge on any atom is 0.0640 e. The number of benzene rings is 6. The van der Waals surface area contributed by atoms with E-state index in [9.17, 15) is 0 Å². The number of hydrogen-bond acceptors (Lipinski definition) is 2. The summed E-state index contributed by atoms with van der Waals surface area (Å²) in [4.78, 5) is 1.32. The molecule has 8 aromatic rings. The molecule has 0 bridgehead atoms. The minimum absolute atomic E-state index is 0.746. The lowest BCUT2D eigenvalue weighted by Gasteiger charge is -2.13. The number of fused-ring (bicyclic) bond motifs is 10. The van der Waals surface area contributed by atoms with Crippen LogP contribution >= 0.6 is 11.3 Å². The average Bonchev–Trinajstić information content (AvgIpc) is 3.85. The van der Waals surface area contributed by atoms with E-state index in [2.05, 4.69) is 158 Å². The standard InChI is InChI=1S/C49H38N2S/c1-3-4-20-39-32(2)52-49-42-30-37-19-11-12-21-40(37)45(42)46-41-22-13-14-23-44(41)51(48(46)47(39)49)38-28-26-34(27-29-38)36(25-24-33-15-7-5-8-16-33)31-43(50)35-17-9-6-10-18-35/h3-23,25-29,31H,1,24,30,50H2,2H3/b20-4-,36-25+,43-31-. The third-order valence-corrected chi connectivity index (χ3v) is 11.6. The van der Waals surface area contributed by atoms with Crippen molar-refractivity contribution < 1.29 is 0 Å². The molecule has 0 fully saturated rings. The Morgan fingerprint density at radius 2 is 1.50 bits per heavy atom. The minimum atomic E-state index is 0.746. The molecule has 52 heavy (non-hydrogen) atoms. The van der Waals surface area contributed by atoms with Crippen molar-refractivity contribution in [1.29, 1.82) is 0 Å². The Kier molecular flexibility index (Phi) is 8.06. The number of para-hydroxylation sites is 1. The van der Waals surface area contributed by atoms with E-state index in [1.54, 1.807) is 0 Å². The van der Waals surface area contributed by atoms with E-state index in [1.807, 2.05) is 35.6 Å². The van der Waals surface area contributed by atoms with Gasteiger partial charge < -0.3 is 10.3 Å². The van der Waals surface area contributed by atoms with Gasteiger partial charge in [-0.2, -0.15) is 0 Å². The number of aromatic nitrogens is 1. The zero-order valence-electron chi connectivity index (χ0n) is 29.1. The van der Waals surface area contributed by atoms with Crippen LogP contribution in [0, 0.1) is 6.92 Å². The second kappa shape index (κ2) is 13.2. The molecule has 0 aliphatic heterocycles. The van der Waals surface area contributed by atoms with Gasteiger partial charge in [-0.15, -0.1) is 11.3 Å². The van der Waals surface area contributed by atoms with Gasteiger partial charge in [-0.25, -0.2) is 0 Å². The fourth-order valence-corrected chi connectivity index (χ4v) is 9.19. The first kappa shape index (κ1) is 31.8. The normalized spacial score (nSPS) is 13.0. The van der Waals surface area contributed by atoms with Crippen LogP contribution in [0.5, 0.6) is 0 Å². The highest BCUT2D eigenvalue weighted by Gasteiger charge is 2.30. The van der Waals surface area contributed by atoms with Gasteiger partial charge in [0, 0.05) is 43.5 Å². The number of nitrogens with two attached hydrogens (primary N) is 1. The van der Waals surface area contributed by atoms with Gasteiger partial charge in [0.05, 0.1) is 11.0 Å². The summed E-state index contributed by atoms with van der Waals surface area (Å²) in [6.45, 7) is 6.26. The fourth-order valence-electron chi connectivity index (χ4n) is 7.99. The monoisotopic (exact) mass is 686 g/mol.